The zero-order valence-corrected chi connectivity index (χ0v) is 11.4. The molecular weight excluding hydrogens is 277 g/mol. The number of nitrogens with zero attached hydrogens (tertiary/aromatic N) is 1. The maximum absolute atomic E-state index is 12.5. The second-order valence-electron chi connectivity index (χ2n) is 5.31. The molecule has 1 heterocycles. The van der Waals surface area contributed by atoms with Gasteiger partial charge >= 0.3 is 18.2 Å². The van der Waals surface area contributed by atoms with Crippen molar-refractivity contribution in [1.82, 2.24) is 10.2 Å². The monoisotopic (exact) mass is 296 g/mol. The molecule has 1 atom stereocenters. The lowest BCUT2D eigenvalue weighted by Gasteiger charge is -2.33. The Kier molecular flexibility index (Phi) is 5.24. The fraction of sp³-hybridized carbons (Fsp3) is 0.833. The average molecular weight is 296 g/mol. The van der Waals surface area contributed by atoms with Gasteiger partial charge in [0.15, 0.2) is 0 Å². The predicted molar refractivity (Wildman–Crippen MR) is 65.1 cm³/mol. The fourth-order valence-electron chi connectivity index (χ4n) is 2.15. The number of hydrogen-bond acceptors (Lipinski definition) is 2. The van der Waals surface area contributed by atoms with Gasteiger partial charge in [0.05, 0.1) is 5.92 Å². The first kappa shape index (κ1) is 16.6. The molecule has 1 aliphatic rings. The molecule has 1 rings (SSSR count). The van der Waals surface area contributed by atoms with Crippen LogP contribution in [-0.4, -0.2) is 47.3 Å². The largest absolute Gasteiger partial charge is 0.480 e. The van der Waals surface area contributed by atoms with Crippen LogP contribution in [0.5, 0.6) is 0 Å². The van der Waals surface area contributed by atoms with Crippen LogP contribution in [0.1, 0.15) is 26.7 Å². The van der Waals surface area contributed by atoms with E-state index in [1.807, 2.05) is 0 Å². The van der Waals surface area contributed by atoms with E-state index in [2.05, 4.69) is 5.32 Å². The van der Waals surface area contributed by atoms with Crippen molar-refractivity contribution in [3.05, 3.63) is 0 Å². The molecule has 8 heteroatoms. The highest BCUT2D eigenvalue weighted by atomic mass is 19.4. The molecule has 0 radical (unpaired) electrons. The van der Waals surface area contributed by atoms with Crippen LogP contribution in [0.4, 0.5) is 18.0 Å². The number of alkyl halides is 3. The Morgan fingerprint density at radius 1 is 1.25 bits per heavy atom. The van der Waals surface area contributed by atoms with Gasteiger partial charge in [-0.25, -0.2) is 9.59 Å². The van der Waals surface area contributed by atoms with Crippen LogP contribution in [0, 0.1) is 11.8 Å². The summed E-state index contributed by atoms with van der Waals surface area (Å²) in [6, 6.07) is -1.66. The Bertz CT molecular complexity index is 363. The lowest BCUT2D eigenvalue weighted by atomic mass is 9.96. The van der Waals surface area contributed by atoms with Crippen molar-refractivity contribution >= 4 is 12.0 Å². The van der Waals surface area contributed by atoms with E-state index in [0.29, 0.717) is 0 Å². The van der Waals surface area contributed by atoms with E-state index in [4.69, 9.17) is 5.11 Å². The molecule has 1 aliphatic heterocycles. The normalized spacial score (nSPS) is 19.0. The summed E-state index contributed by atoms with van der Waals surface area (Å²) in [6.07, 6.45) is -4.52. The zero-order valence-electron chi connectivity index (χ0n) is 11.4. The quantitative estimate of drug-likeness (QED) is 0.837. The van der Waals surface area contributed by atoms with Crippen molar-refractivity contribution in [1.29, 1.82) is 0 Å². The van der Waals surface area contributed by atoms with Crippen LogP contribution in [0.3, 0.4) is 0 Å². The standard InChI is InChI=1S/C12H19F3N2O3/c1-7(2)9(10(18)19)16-11(20)17-5-3-8(4-6-17)12(13,14)15/h7-9H,3-6H2,1-2H3,(H,16,20)(H,18,19). The second kappa shape index (κ2) is 6.32. The lowest BCUT2D eigenvalue weighted by molar-refractivity contribution is -0.183. The first-order valence-corrected chi connectivity index (χ1v) is 6.48. The van der Waals surface area contributed by atoms with E-state index in [9.17, 15) is 22.8 Å². The highest BCUT2D eigenvalue weighted by molar-refractivity contribution is 5.82. The summed E-state index contributed by atoms with van der Waals surface area (Å²) >= 11 is 0. The summed E-state index contributed by atoms with van der Waals surface area (Å²) in [7, 11) is 0. The number of piperidine rings is 1. The third kappa shape index (κ3) is 4.28. The van der Waals surface area contributed by atoms with Crippen LogP contribution in [0.2, 0.25) is 0 Å². The number of nitrogens with one attached hydrogen (secondary N) is 1. The number of carbonyl (C=O) groups excluding carboxylic acids is 1. The number of amides is 2. The molecule has 116 valence electrons. The third-order valence-corrected chi connectivity index (χ3v) is 3.46. The number of carbonyl (C=O) groups is 2. The van der Waals surface area contributed by atoms with E-state index < -0.39 is 30.1 Å². The summed E-state index contributed by atoms with van der Waals surface area (Å²) < 4.78 is 37.5. The van der Waals surface area contributed by atoms with Gasteiger partial charge in [0.1, 0.15) is 6.04 Å². The van der Waals surface area contributed by atoms with Crippen molar-refractivity contribution in [2.24, 2.45) is 11.8 Å². The van der Waals surface area contributed by atoms with Gasteiger partial charge in [-0.3, -0.25) is 0 Å². The molecular formula is C12H19F3N2O3. The van der Waals surface area contributed by atoms with Gasteiger partial charge in [0.25, 0.3) is 0 Å². The molecule has 0 aromatic rings. The van der Waals surface area contributed by atoms with Gasteiger partial charge < -0.3 is 15.3 Å². The topological polar surface area (TPSA) is 69.6 Å². The molecule has 1 unspecified atom stereocenters. The van der Waals surface area contributed by atoms with Gasteiger partial charge in [-0.15, -0.1) is 0 Å². The molecule has 1 fully saturated rings. The first-order chi connectivity index (χ1) is 9.12. The third-order valence-electron chi connectivity index (χ3n) is 3.46. The average Bonchev–Trinajstić information content (AvgIpc) is 2.34. The van der Waals surface area contributed by atoms with Gasteiger partial charge in [0.2, 0.25) is 0 Å². The summed E-state index contributed by atoms with van der Waals surface area (Å²) in [4.78, 5) is 24.0. The highest BCUT2D eigenvalue weighted by Gasteiger charge is 2.42. The van der Waals surface area contributed by atoms with E-state index in [0.717, 1.165) is 0 Å². The van der Waals surface area contributed by atoms with Crippen molar-refractivity contribution in [3.8, 4) is 0 Å². The number of likely N-dealkylation sites (tertiary alicyclic amines) is 1. The minimum atomic E-state index is -4.23. The number of aliphatic carboxylic acids is 1. The number of carboxylic acid groups (broad SMARTS) is 1. The van der Waals surface area contributed by atoms with Crippen molar-refractivity contribution in [3.63, 3.8) is 0 Å². The van der Waals surface area contributed by atoms with E-state index >= 15 is 0 Å². The molecule has 0 aromatic heterocycles. The molecule has 0 bridgehead atoms. The Morgan fingerprint density at radius 3 is 2.10 bits per heavy atom. The SMILES string of the molecule is CC(C)C(NC(=O)N1CCC(C(F)(F)F)CC1)C(=O)O. The van der Waals surface area contributed by atoms with Crippen LogP contribution in [0.25, 0.3) is 0 Å². The molecule has 2 amide bonds. The van der Waals surface area contributed by atoms with Crippen LogP contribution < -0.4 is 5.32 Å². The summed E-state index contributed by atoms with van der Waals surface area (Å²) in [5, 5.41) is 11.3. The molecule has 0 saturated carbocycles. The number of hydrogen-bond donors (Lipinski definition) is 2. The van der Waals surface area contributed by atoms with Crippen molar-refractivity contribution < 1.29 is 27.9 Å². The number of urea groups is 1. The second-order valence-corrected chi connectivity index (χ2v) is 5.31. The molecule has 20 heavy (non-hydrogen) atoms. The predicted octanol–water partition coefficient (Wildman–Crippen LogP) is 2.08. The number of rotatable bonds is 3. The number of halogens is 3. The molecule has 5 nitrogen and oxygen atoms in total. The molecule has 0 aromatic carbocycles. The maximum atomic E-state index is 12.5. The molecule has 1 saturated heterocycles. The van der Waals surface area contributed by atoms with Gasteiger partial charge in [-0.05, 0) is 18.8 Å². The summed E-state index contributed by atoms with van der Waals surface area (Å²) in [5.74, 6) is -2.84. The Morgan fingerprint density at radius 2 is 1.75 bits per heavy atom. The van der Waals surface area contributed by atoms with Crippen LogP contribution in [0.15, 0.2) is 0 Å². The molecule has 0 spiro atoms. The maximum Gasteiger partial charge on any atom is 0.391 e. The van der Waals surface area contributed by atoms with Gasteiger partial charge in [-0.1, -0.05) is 13.8 Å². The Balaban J connectivity index is 2.53. The van der Waals surface area contributed by atoms with E-state index in [-0.39, 0.29) is 31.8 Å². The minimum absolute atomic E-state index is 0.0134. The van der Waals surface area contributed by atoms with E-state index in [1.165, 1.54) is 4.90 Å². The van der Waals surface area contributed by atoms with Crippen LogP contribution >= 0.6 is 0 Å². The summed E-state index contributed by atoms with van der Waals surface area (Å²) in [6.45, 7) is 3.27. The Labute approximate surface area is 115 Å². The summed E-state index contributed by atoms with van der Waals surface area (Å²) in [5.41, 5.74) is 0. The molecule has 2 N–H and O–H groups in total. The van der Waals surface area contributed by atoms with Crippen molar-refractivity contribution in [2.75, 3.05) is 13.1 Å². The number of carboxylic acids is 1. The fourth-order valence-corrected chi connectivity index (χ4v) is 2.15. The molecule has 0 aliphatic carbocycles. The Hall–Kier alpha value is -1.47. The lowest BCUT2D eigenvalue weighted by Crippen LogP contribution is -2.52. The van der Waals surface area contributed by atoms with Crippen molar-refractivity contribution in [2.45, 2.75) is 38.9 Å². The van der Waals surface area contributed by atoms with E-state index in [1.54, 1.807) is 13.8 Å². The van der Waals surface area contributed by atoms with Gasteiger partial charge in [0, 0.05) is 13.1 Å². The zero-order chi connectivity index (χ0) is 15.5. The highest BCUT2D eigenvalue weighted by Crippen LogP contribution is 2.34. The van der Waals surface area contributed by atoms with Crippen LogP contribution in [-0.2, 0) is 4.79 Å². The first-order valence-electron chi connectivity index (χ1n) is 6.48. The van der Waals surface area contributed by atoms with Gasteiger partial charge in [-0.2, -0.15) is 13.2 Å². The minimum Gasteiger partial charge on any atom is -0.480 e. The smallest absolute Gasteiger partial charge is 0.391 e.